The Balaban J connectivity index is 0.000000255. The molecule has 0 saturated heterocycles. The van der Waals surface area contributed by atoms with E-state index < -0.39 is 11.9 Å². The van der Waals surface area contributed by atoms with Gasteiger partial charge in [0.15, 0.2) is 5.79 Å². The molecule has 0 heterocycles. The SMILES string of the molecule is OC1(O)CCCCC1.OCC(O)CO. The van der Waals surface area contributed by atoms with Crippen LogP contribution in [-0.4, -0.2) is 50.6 Å². The number of rotatable bonds is 2. The summed E-state index contributed by atoms with van der Waals surface area (Å²) in [6, 6.07) is 0. The van der Waals surface area contributed by atoms with Gasteiger partial charge in [-0.2, -0.15) is 0 Å². The van der Waals surface area contributed by atoms with Gasteiger partial charge in [-0.3, -0.25) is 0 Å². The van der Waals surface area contributed by atoms with E-state index in [1.54, 1.807) is 0 Å². The van der Waals surface area contributed by atoms with Crippen molar-refractivity contribution in [1.29, 1.82) is 0 Å². The molecule has 1 aliphatic carbocycles. The van der Waals surface area contributed by atoms with Crippen LogP contribution >= 0.6 is 0 Å². The third-order valence-corrected chi connectivity index (χ3v) is 2.08. The van der Waals surface area contributed by atoms with Crippen molar-refractivity contribution in [3.63, 3.8) is 0 Å². The minimum atomic E-state index is -1.32. The van der Waals surface area contributed by atoms with Crippen molar-refractivity contribution in [2.24, 2.45) is 0 Å². The van der Waals surface area contributed by atoms with Crippen LogP contribution in [0.4, 0.5) is 0 Å². The molecule has 0 spiro atoms. The predicted octanol–water partition coefficient (Wildman–Crippen LogP) is -1.04. The van der Waals surface area contributed by atoms with E-state index in [0.29, 0.717) is 12.8 Å². The molecule has 86 valence electrons. The van der Waals surface area contributed by atoms with Crippen molar-refractivity contribution in [2.75, 3.05) is 13.2 Å². The van der Waals surface area contributed by atoms with Crippen LogP contribution in [0.1, 0.15) is 32.1 Å². The Morgan fingerprint density at radius 2 is 1.36 bits per heavy atom. The van der Waals surface area contributed by atoms with E-state index in [4.69, 9.17) is 25.5 Å². The standard InChI is InChI=1S/C6H12O2.C3H8O3/c7-6(8)4-2-1-3-5-6;4-1-3(6)2-5/h7-8H,1-5H2;3-6H,1-2H2. The maximum Gasteiger partial charge on any atom is 0.162 e. The van der Waals surface area contributed by atoms with Crippen LogP contribution in [0, 0.1) is 0 Å². The molecule has 1 saturated carbocycles. The van der Waals surface area contributed by atoms with Gasteiger partial charge in [0.1, 0.15) is 6.10 Å². The van der Waals surface area contributed by atoms with Crippen LogP contribution in [0.3, 0.4) is 0 Å². The number of aliphatic hydroxyl groups is 5. The lowest BCUT2D eigenvalue weighted by atomic mass is 9.95. The van der Waals surface area contributed by atoms with E-state index in [-0.39, 0.29) is 13.2 Å². The van der Waals surface area contributed by atoms with Crippen LogP contribution in [0.2, 0.25) is 0 Å². The first-order valence-electron chi connectivity index (χ1n) is 4.86. The van der Waals surface area contributed by atoms with E-state index in [1.165, 1.54) is 0 Å². The molecule has 0 aliphatic heterocycles. The van der Waals surface area contributed by atoms with E-state index >= 15 is 0 Å². The molecular weight excluding hydrogens is 188 g/mol. The first-order valence-corrected chi connectivity index (χ1v) is 4.86. The van der Waals surface area contributed by atoms with Crippen molar-refractivity contribution in [3.8, 4) is 0 Å². The van der Waals surface area contributed by atoms with Gasteiger partial charge in [0.2, 0.25) is 0 Å². The molecule has 1 fully saturated rings. The predicted molar refractivity (Wildman–Crippen MR) is 50.4 cm³/mol. The zero-order valence-electron chi connectivity index (χ0n) is 8.26. The largest absolute Gasteiger partial charge is 0.394 e. The first-order chi connectivity index (χ1) is 6.52. The molecule has 1 rings (SSSR count). The van der Waals surface area contributed by atoms with E-state index in [9.17, 15) is 0 Å². The Kier molecular flexibility index (Phi) is 7.04. The van der Waals surface area contributed by atoms with Gasteiger partial charge in [-0.1, -0.05) is 6.42 Å². The quantitative estimate of drug-likeness (QED) is 0.373. The van der Waals surface area contributed by atoms with Crippen LogP contribution < -0.4 is 0 Å². The summed E-state index contributed by atoms with van der Waals surface area (Å²) in [7, 11) is 0. The summed E-state index contributed by atoms with van der Waals surface area (Å²) in [4.78, 5) is 0. The van der Waals surface area contributed by atoms with Crippen molar-refractivity contribution in [3.05, 3.63) is 0 Å². The smallest absolute Gasteiger partial charge is 0.162 e. The molecule has 0 aromatic rings. The lowest BCUT2D eigenvalue weighted by molar-refractivity contribution is -0.180. The molecule has 5 N–H and O–H groups in total. The molecule has 0 amide bonds. The molecule has 1 aliphatic rings. The molecule has 0 radical (unpaired) electrons. The van der Waals surface area contributed by atoms with Gasteiger partial charge in [-0.25, -0.2) is 0 Å². The van der Waals surface area contributed by atoms with Crippen LogP contribution in [0.5, 0.6) is 0 Å². The Labute approximate surface area is 83.6 Å². The van der Waals surface area contributed by atoms with Crippen LogP contribution in [0.25, 0.3) is 0 Å². The first kappa shape index (κ1) is 13.8. The van der Waals surface area contributed by atoms with E-state index in [0.717, 1.165) is 19.3 Å². The lowest BCUT2D eigenvalue weighted by Crippen LogP contribution is -2.30. The van der Waals surface area contributed by atoms with Gasteiger partial charge in [0.25, 0.3) is 0 Å². The lowest BCUT2D eigenvalue weighted by Gasteiger charge is -2.25. The summed E-state index contributed by atoms with van der Waals surface area (Å²) in [5.74, 6) is -1.32. The van der Waals surface area contributed by atoms with Crippen molar-refractivity contribution < 1.29 is 25.5 Å². The number of aliphatic hydroxyl groups excluding tert-OH is 3. The van der Waals surface area contributed by atoms with Gasteiger partial charge < -0.3 is 25.5 Å². The minimum absolute atomic E-state index is 0.365. The van der Waals surface area contributed by atoms with E-state index in [1.807, 2.05) is 0 Å². The summed E-state index contributed by atoms with van der Waals surface area (Å²) in [6.45, 7) is -0.729. The zero-order chi connectivity index (χ0) is 11.0. The van der Waals surface area contributed by atoms with Gasteiger partial charge >= 0.3 is 0 Å². The molecule has 14 heavy (non-hydrogen) atoms. The normalized spacial score (nSPS) is 20.1. The van der Waals surface area contributed by atoms with Crippen molar-refractivity contribution >= 4 is 0 Å². The average Bonchev–Trinajstić information content (AvgIpc) is 2.17. The second-order valence-electron chi connectivity index (χ2n) is 3.56. The second kappa shape index (κ2) is 7.14. The van der Waals surface area contributed by atoms with Crippen LogP contribution in [0.15, 0.2) is 0 Å². The fourth-order valence-electron chi connectivity index (χ4n) is 1.18. The highest BCUT2D eigenvalue weighted by Gasteiger charge is 2.24. The second-order valence-corrected chi connectivity index (χ2v) is 3.56. The Morgan fingerprint density at radius 3 is 1.50 bits per heavy atom. The van der Waals surface area contributed by atoms with Crippen LogP contribution in [-0.2, 0) is 0 Å². The molecule has 5 nitrogen and oxygen atoms in total. The summed E-state index contributed by atoms with van der Waals surface area (Å²) >= 11 is 0. The van der Waals surface area contributed by atoms with Gasteiger partial charge in [0, 0.05) is 12.8 Å². The van der Waals surface area contributed by atoms with Crippen molar-refractivity contribution in [2.45, 2.75) is 44.0 Å². The van der Waals surface area contributed by atoms with Gasteiger partial charge in [-0.05, 0) is 12.8 Å². The Bertz CT molecular complexity index is 125. The molecule has 0 aromatic carbocycles. The zero-order valence-corrected chi connectivity index (χ0v) is 8.26. The topological polar surface area (TPSA) is 101 Å². The summed E-state index contributed by atoms with van der Waals surface area (Å²) < 4.78 is 0. The maximum atomic E-state index is 8.93. The molecule has 0 atom stereocenters. The highest BCUT2D eigenvalue weighted by atomic mass is 16.5. The fourth-order valence-corrected chi connectivity index (χ4v) is 1.18. The average molecular weight is 208 g/mol. The Hall–Kier alpha value is -0.200. The minimum Gasteiger partial charge on any atom is -0.394 e. The van der Waals surface area contributed by atoms with Gasteiger partial charge in [0.05, 0.1) is 13.2 Å². The monoisotopic (exact) mass is 208 g/mol. The third-order valence-electron chi connectivity index (χ3n) is 2.08. The maximum absolute atomic E-state index is 8.93. The summed E-state index contributed by atoms with van der Waals surface area (Å²) in [5.41, 5.74) is 0. The summed E-state index contributed by atoms with van der Waals surface area (Å²) in [5, 5.41) is 41.9. The Morgan fingerprint density at radius 1 is 0.929 bits per heavy atom. The third kappa shape index (κ3) is 7.23. The number of hydrogen-bond acceptors (Lipinski definition) is 5. The van der Waals surface area contributed by atoms with Gasteiger partial charge in [-0.15, -0.1) is 0 Å². The molecular formula is C9H20O5. The number of hydrogen-bond donors (Lipinski definition) is 5. The summed E-state index contributed by atoms with van der Waals surface area (Å²) in [6.07, 6.45) is 3.26. The molecule has 0 bridgehead atoms. The molecule has 5 heteroatoms. The highest BCUT2D eigenvalue weighted by Crippen LogP contribution is 2.24. The molecule has 0 aromatic heterocycles. The van der Waals surface area contributed by atoms with E-state index in [2.05, 4.69) is 0 Å². The highest BCUT2D eigenvalue weighted by molar-refractivity contribution is 4.69. The van der Waals surface area contributed by atoms with Crippen molar-refractivity contribution in [1.82, 2.24) is 0 Å². The molecule has 0 unspecified atom stereocenters. The fraction of sp³-hybridized carbons (Fsp3) is 1.00.